The first-order valence-electron chi connectivity index (χ1n) is 12.0. The summed E-state index contributed by atoms with van der Waals surface area (Å²) in [6, 6.07) is 7.87. The summed E-state index contributed by atoms with van der Waals surface area (Å²) in [6.45, 7) is 2.12. The van der Waals surface area contributed by atoms with Gasteiger partial charge in [0.2, 0.25) is 5.95 Å². The Balaban J connectivity index is 1.34. The molecule has 5 rings (SSSR count). The van der Waals surface area contributed by atoms with Crippen molar-refractivity contribution in [2.24, 2.45) is 5.92 Å². The number of rotatable bonds is 7. The van der Waals surface area contributed by atoms with Gasteiger partial charge in [0.1, 0.15) is 6.33 Å². The van der Waals surface area contributed by atoms with Crippen LogP contribution in [0.2, 0.25) is 0 Å². The fourth-order valence-corrected chi connectivity index (χ4v) is 4.61. The molecule has 2 fully saturated rings. The highest BCUT2D eigenvalue weighted by molar-refractivity contribution is 5.92. The van der Waals surface area contributed by atoms with Gasteiger partial charge in [-0.15, -0.1) is 0 Å². The molecule has 11 nitrogen and oxygen atoms in total. The molecule has 1 aliphatic heterocycles. The number of hydrogen-bond donors (Lipinski definition) is 4. The minimum Gasteiger partial charge on any atom is -0.481 e. The van der Waals surface area contributed by atoms with Gasteiger partial charge in [-0.3, -0.25) is 9.69 Å². The maximum absolute atomic E-state index is 12.8. The van der Waals surface area contributed by atoms with Gasteiger partial charge in [0.05, 0.1) is 5.92 Å². The van der Waals surface area contributed by atoms with E-state index in [1.165, 1.54) is 10.9 Å². The van der Waals surface area contributed by atoms with Gasteiger partial charge in [-0.05, 0) is 56.3 Å². The van der Waals surface area contributed by atoms with E-state index in [1.54, 1.807) is 7.05 Å². The molecule has 1 unspecified atom stereocenters. The fourth-order valence-electron chi connectivity index (χ4n) is 4.61. The van der Waals surface area contributed by atoms with Crippen molar-refractivity contribution in [3.8, 4) is 0 Å². The van der Waals surface area contributed by atoms with Crippen LogP contribution >= 0.6 is 0 Å². The van der Waals surface area contributed by atoms with Crippen LogP contribution in [0.15, 0.2) is 30.6 Å². The highest BCUT2D eigenvalue weighted by Crippen LogP contribution is 2.25. The van der Waals surface area contributed by atoms with Crippen LogP contribution in [-0.2, 0) is 11.3 Å². The predicted octanol–water partition coefficient (Wildman–Crippen LogP) is 3.02. The first-order valence-corrected chi connectivity index (χ1v) is 12.0. The van der Waals surface area contributed by atoms with Crippen molar-refractivity contribution in [2.45, 2.75) is 44.7 Å². The Morgan fingerprint density at radius 2 is 2.03 bits per heavy atom. The van der Waals surface area contributed by atoms with Crippen molar-refractivity contribution in [1.82, 2.24) is 29.7 Å². The molecule has 1 aliphatic carbocycles. The molecule has 2 aromatic heterocycles. The van der Waals surface area contributed by atoms with Crippen molar-refractivity contribution in [2.75, 3.05) is 30.8 Å². The number of amides is 1. The molecule has 0 spiro atoms. The van der Waals surface area contributed by atoms with Crippen LogP contribution in [0.3, 0.4) is 0 Å². The molecule has 3 heterocycles. The zero-order valence-electron chi connectivity index (χ0n) is 19.7. The SMILES string of the molecule is CNc1nc(Nc2cccc(CN3CCCC(C(=O)O)C3)c2)nc2c1ncn2C(=O)NC1CCC1. The Morgan fingerprint density at radius 1 is 1.17 bits per heavy atom. The lowest BCUT2D eigenvalue weighted by Crippen LogP contribution is -2.41. The summed E-state index contributed by atoms with van der Waals surface area (Å²) in [7, 11) is 1.75. The molecule has 1 aromatic carbocycles. The molecule has 1 atom stereocenters. The molecular formula is C24H30N8O3. The van der Waals surface area contributed by atoms with Gasteiger partial charge in [-0.2, -0.15) is 9.97 Å². The predicted molar refractivity (Wildman–Crippen MR) is 132 cm³/mol. The average molecular weight is 479 g/mol. The zero-order chi connectivity index (χ0) is 24.4. The van der Waals surface area contributed by atoms with Crippen LogP contribution in [-0.4, -0.2) is 67.7 Å². The Kier molecular flexibility index (Phi) is 6.49. The maximum Gasteiger partial charge on any atom is 0.328 e. The van der Waals surface area contributed by atoms with Crippen LogP contribution in [0.25, 0.3) is 11.2 Å². The number of anilines is 3. The van der Waals surface area contributed by atoms with Gasteiger partial charge in [0.15, 0.2) is 17.0 Å². The molecule has 1 amide bonds. The molecule has 184 valence electrons. The number of carboxylic acid groups (broad SMARTS) is 1. The van der Waals surface area contributed by atoms with Gasteiger partial charge >= 0.3 is 12.0 Å². The molecule has 3 aromatic rings. The lowest BCUT2D eigenvalue weighted by atomic mass is 9.93. The normalized spacial score (nSPS) is 18.7. The third-order valence-electron chi connectivity index (χ3n) is 6.73. The Hall–Kier alpha value is -3.73. The Bertz CT molecular complexity index is 1240. The second kappa shape index (κ2) is 9.87. The number of piperidine rings is 1. The first-order chi connectivity index (χ1) is 17.0. The van der Waals surface area contributed by atoms with Crippen LogP contribution < -0.4 is 16.0 Å². The van der Waals surface area contributed by atoms with E-state index in [2.05, 4.69) is 35.8 Å². The van der Waals surface area contributed by atoms with Gasteiger partial charge < -0.3 is 21.1 Å². The van der Waals surface area contributed by atoms with E-state index in [0.29, 0.717) is 36.0 Å². The summed E-state index contributed by atoms with van der Waals surface area (Å²) in [5.41, 5.74) is 2.82. The van der Waals surface area contributed by atoms with Crippen molar-refractivity contribution >= 4 is 40.6 Å². The highest BCUT2D eigenvalue weighted by Gasteiger charge is 2.25. The second-order valence-corrected chi connectivity index (χ2v) is 9.25. The molecule has 35 heavy (non-hydrogen) atoms. The van der Waals surface area contributed by atoms with E-state index in [1.807, 2.05) is 24.3 Å². The number of carbonyl (C=O) groups excluding carboxylic acids is 1. The molecular weight excluding hydrogens is 448 g/mol. The summed E-state index contributed by atoms with van der Waals surface area (Å²) >= 11 is 0. The summed E-state index contributed by atoms with van der Waals surface area (Å²) in [4.78, 5) is 39.8. The quantitative estimate of drug-likeness (QED) is 0.404. The van der Waals surface area contributed by atoms with Crippen LogP contribution in [0.4, 0.5) is 22.2 Å². The smallest absolute Gasteiger partial charge is 0.328 e. The monoisotopic (exact) mass is 478 g/mol. The third kappa shape index (κ3) is 5.04. The lowest BCUT2D eigenvalue weighted by molar-refractivity contribution is -0.143. The standard InChI is InChI=1S/C24H30N8O3/c1-25-20-19-21(32(14-26-19)24(35)28-17-7-3-8-17)30-23(29-20)27-18-9-2-5-15(11-18)12-31-10-4-6-16(13-31)22(33)34/h2,5,9,11,14,16-17H,3-4,6-8,10,12-13H2,1H3,(H,28,35)(H,33,34)(H2,25,27,29,30). The highest BCUT2D eigenvalue weighted by atomic mass is 16.4. The lowest BCUT2D eigenvalue weighted by Gasteiger charge is -2.30. The number of benzene rings is 1. The Labute approximate surface area is 203 Å². The van der Waals surface area contributed by atoms with Gasteiger partial charge in [-0.25, -0.2) is 14.3 Å². The molecule has 2 aliphatic rings. The molecule has 0 bridgehead atoms. The van der Waals surface area contributed by atoms with Crippen molar-refractivity contribution in [3.05, 3.63) is 36.2 Å². The van der Waals surface area contributed by atoms with E-state index in [-0.39, 0.29) is 18.0 Å². The van der Waals surface area contributed by atoms with E-state index in [9.17, 15) is 14.7 Å². The number of imidazole rings is 1. The number of carboxylic acids is 1. The number of hydrogen-bond acceptors (Lipinski definition) is 8. The number of nitrogens with zero attached hydrogens (tertiary/aromatic N) is 5. The van der Waals surface area contributed by atoms with Crippen molar-refractivity contribution in [1.29, 1.82) is 0 Å². The Morgan fingerprint density at radius 3 is 2.77 bits per heavy atom. The van der Waals surface area contributed by atoms with E-state index >= 15 is 0 Å². The minimum absolute atomic E-state index is 0.205. The number of aromatic nitrogens is 4. The summed E-state index contributed by atoms with van der Waals surface area (Å²) in [5, 5.41) is 18.7. The van der Waals surface area contributed by atoms with Crippen LogP contribution in [0.5, 0.6) is 0 Å². The third-order valence-corrected chi connectivity index (χ3v) is 6.73. The topological polar surface area (TPSA) is 137 Å². The molecule has 1 saturated heterocycles. The first kappa shape index (κ1) is 23.0. The van der Waals surface area contributed by atoms with E-state index in [4.69, 9.17) is 0 Å². The number of likely N-dealkylation sites (tertiary alicyclic amines) is 1. The number of carbonyl (C=O) groups is 2. The average Bonchev–Trinajstić information content (AvgIpc) is 3.25. The molecule has 4 N–H and O–H groups in total. The number of nitrogens with one attached hydrogen (secondary N) is 3. The maximum atomic E-state index is 12.8. The van der Waals surface area contributed by atoms with Crippen molar-refractivity contribution in [3.63, 3.8) is 0 Å². The van der Waals surface area contributed by atoms with Gasteiger partial charge in [0, 0.05) is 31.9 Å². The van der Waals surface area contributed by atoms with Crippen LogP contribution in [0, 0.1) is 5.92 Å². The fraction of sp³-hybridized carbons (Fsp3) is 0.458. The van der Waals surface area contributed by atoms with Gasteiger partial charge in [0.25, 0.3) is 0 Å². The molecule has 11 heteroatoms. The molecule has 1 saturated carbocycles. The summed E-state index contributed by atoms with van der Waals surface area (Å²) in [6.07, 6.45) is 6.21. The summed E-state index contributed by atoms with van der Waals surface area (Å²) in [5.74, 6) is -0.159. The van der Waals surface area contributed by atoms with Crippen molar-refractivity contribution < 1.29 is 14.7 Å². The van der Waals surface area contributed by atoms with Crippen LogP contribution in [0.1, 0.15) is 37.7 Å². The minimum atomic E-state index is -0.724. The zero-order valence-corrected chi connectivity index (χ0v) is 19.7. The van der Waals surface area contributed by atoms with E-state index in [0.717, 1.165) is 49.9 Å². The number of fused-ring (bicyclic) bond motifs is 1. The van der Waals surface area contributed by atoms with E-state index < -0.39 is 5.97 Å². The second-order valence-electron chi connectivity index (χ2n) is 9.25. The largest absolute Gasteiger partial charge is 0.481 e. The molecule has 0 radical (unpaired) electrons. The summed E-state index contributed by atoms with van der Waals surface area (Å²) < 4.78 is 1.42. The van der Waals surface area contributed by atoms with Gasteiger partial charge in [-0.1, -0.05) is 12.1 Å². The number of aliphatic carboxylic acids is 1.